The summed E-state index contributed by atoms with van der Waals surface area (Å²) in [6.45, 7) is 7.52. The van der Waals surface area contributed by atoms with E-state index in [4.69, 9.17) is 14.2 Å². The van der Waals surface area contributed by atoms with Gasteiger partial charge in [0.05, 0.1) is 7.11 Å². The summed E-state index contributed by atoms with van der Waals surface area (Å²) in [5, 5.41) is 3.51. The molecule has 1 aliphatic rings. The van der Waals surface area contributed by atoms with Gasteiger partial charge in [0, 0.05) is 6.54 Å². The van der Waals surface area contributed by atoms with Crippen molar-refractivity contribution in [3.05, 3.63) is 17.7 Å². The molecule has 0 aromatic heterocycles. The van der Waals surface area contributed by atoms with Crippen LogP contribution in [0.1, 0.15) is 32.3 Å². The largest absolute Gasteiger partial charge is 0.493 e. The molecular formula is C16H25NO3. The molecule has 1 aromatic carbocycles. The van der Waals surface area contributed by atoms with Gasteiger partial charge in [0.15, 0.2) is 11.5 Å². The van der Waals surface area contributed by atoms with Gasteiger partial charge in [-0.3, -0.25) is 0 Å². The number of hydrogen-bond donors (Lipinski definition) is 1. The van der Waals surface area contributed by atoms with Crippen molar-refractivity contribution in [1.29, 1.82) is 0 Å². The fourth-order valence-corrected chi connectivity index (χ4v) is 2.43. The highest BCUT2D eigenvalue weighted by Crippen LogP contribution is 2.40. The Morgan fingerprint density at radius 2 is 1.95 bits per heavy atom. The first-order chi connectivity index (χ1) is 9.78. The Bertz CT molecular complexity index is 413. The Morgan fingerprint density at radius 3 is 2.65 bits per heavy atom. The zero-order valence-electron chi connectivity index (χ0n) is 12.7. The van der Waals surface area contributed by atoms with Crippen LogP contribution in [0.3, 0.4) is 0 Å². The molecule has 0 saturated heterocycles. The summed E-state index contributed by atoms with van der Waals surface area (Å²) < 4.78 is 16.6. The first kappa shape index (κ1) is 15.0. The zero-order chi connectivity index (χ0) is 14.4. The number of nitrogens with one attached hydrogen (secondary N) is 1. The van der Waals surface area contributed by atoms with Crippen LogP contribution in [0.5, 0.6) is 17.2 Å². The van der Waals surface area contributed by atoms with Gasteiger partial charge in [-0.25, -0.2) is 0 Å². The number of fused-ring (bicyclic) bond motifs is 1. The van der Waals surface area contributed by atoms with Crippen molar-refractivity contribution in [2.45, 2.75) is 33.2 Å². The van der Waals surface area contributed by atoms with Crippen LogP contribution in [0, 0.1) is 5.92 Å². The predicted molar refractivity (Wildman–Crippen MR) is 79.8 cm³/mol. The first-order valence-electron chi connectivity index (χ1n) is 7.45. The molecule has 1 N–H and O–H groups in total. The van der Waals surface area contributed by atoms with Crippen LogP contribution < -0.4 is 19.5 Å². The van der Waals surface area contributed by atoms with Crippen molar-refractivity contribution in [2.75, 3.05) is 26.9 Å². The van der Waals surface area contributed by atoms with E-state index in [-0.39, 0.29) is 0 Å². The monoisotopic (exact) mass is 279 g/mol. The molecule has 0 radical (unpaired) electrons. The molecule has 2 rings (SSSR count). The fraction of sp³-hybridized carbons (Fsp3) is 0.625. The van der Waals surface area contributed by atoms with Crippen LogP contribution in [-0.4, -0.2) is 26.9 Å². The van der Waals surface area contributed by atoms with Gasteiger partial charge in [-0.05, 0) is 30.2 Å². The maximum Gasteiger partial charge on any atom is 0.203 e. The summed E-state index contributed by atoms with van der Waals surface area (Å²) in [5.41, 5.74) is 1.16. The van der Waals surface area contributed by atoms with E-state index in [9.17, 15) is 0 Å². The lowest BCUT2D eigenvalue weighted by molar-refractivity contribution is 0.165. The van der Waals surface area contributed by atoms with Gasteiger partial charge >= 0.3 is 0 Å². The van der Waals surface area contributed by atoms with Crippen LogP contribution in [0.15, 0.2) is 12.1 Å². The maximum absolute atomic E-state index is 5.64. The van der Waals surface area contributed by atoms with E-state index < -0.39 is 0 Å². The topological polar surface area (TPSA) is 39.7 Å². The van der Waals surface area contributed by atoms with Crippen molar-refractivity contribution in [1.82, 2.24) is 5.32 Å². The molecule has 0 amide bonds. The van der Waals surface area contributed by atoms with E-state index in [1.54, 1.807) is 7.11 Å². The number of rotatable bonds is 7. The van der Waals surface area contributed by atoms with E-state index in [0.717, 1.165) is 41.8 Å². The minimum Gasteiger partial charge on any atom is -0.493 e. The van der Waals surface area contributed by atoms with Crippen LogP contribution in [0.4, 0.5) is 0 Å². The molecule has 1 heterocycles. The fourth-order valence-electron chi connectivity index (χ4n) is 2.43. The second kappa shape index (κ2) is 7.39. The number of methoxy groups -OCH3 is 1. The molecule has 1 aliphatic heterocycles. The second-order valence-electron chi connectivity index (χ2n) is 5.14. The van der Waals surface area contributed by atoms with Crippen LogP contribution in [0.2, 0.25) is 0 Å². The number of hydrogen-bond acceptors (Lipinski definition) is 4. The molecule has 20 heavy (non-hydrogen) atoms. The van der Waals surface area contributed by atoms with Crippen molar-refractivity contribution in [3.63, 3.8) is 0 Å². The van der Waals surface area contributed by atoms with E-state index in [2.05, 4.69) is 19.2 Å². The lowest BCUT2D eigenvalue weighted by atomic mass is 10.0. The molecule has 0 bridgehead atoms. The molecule has 0 atom stereocenters. The van der Waals surface area contributed by atoms with Crippen molar-refractivity contribution >= 4 is 0 Å². The van der Waals surface area contributed by atoms with Crippen molar-refractivity contribution in [2.24, 2.45) is 5.92 Å². The third-order valence-corrected chi connectivity index (χ3v) is 3.80. The van der Waals surface area contributed by atoms with Gasteiger partial charge < -0.3 is 19.5 Å². The Hall–Kier alpha value is -1.42. The predicted octanol–water partition coefficient (Wildman–Crippen LogP) is 2.99. The van der Waals surface area contributed by atoms with E-state index in [1.165, 1.54) is 12.8 Å². The van der Waals surface area contributed by atoms with Crippen LogP contribution in [-0.2, 0) is 6.54 Å². The summed E-state index contributed by atoms with van der Waals surface area (Å²) in [5.74, 6) is 3.01. The summed E-state index contributed by atoms with van der Waals surface area (Å²) in [4.78, 5) is 0. The highest BCUT2D eigenvalue weighted by Gasteiger charge is 2.18. The van der Waals surface area contributed by atoms with Gasteiger partial charge in [0.1, 0.15) is 13.2 Å². The first-order valence-corrected chi connectivity index (χ1v) is 7.45. The second-order valence-corrected chi connectivity index (χ2v) is 5.14. The van der Waals surface area contributed by atoms with Crippen molar-refractivity contribution in [3.8, 4) is 17.2 Å². The average Bonchev–Trinajstić information content (AvgIpc) is 2.50. The Kier molecular flexibility index (Phi) is 5.53. The Balaban J connectivity index is 2.01. The van der Waals surface area contributed by atoms with Gasteiger partial charge in [0.25, 0.3) is 0 Å². The summed E-state index contributed by atoms with van der Waals surface area (Å²) in [7, 11) is 1.66. The number of benzene rings is 1. The van der Waals surface area contributed by atoms with Crippen LogP contribution >= 0.6 is 0 Å². The maximum atomic E-state index is 5.64. The quantitative estimate of drug-likeness (QED) is 0.833. The standard InChI is InChI=1S/C16H25NO3/c1-4-12(5-2)10-17-11-13-8-14(18-3)16-15(9-13)19-6-7-20-16/h8-9,12,17H,4-7,10-11H2,1-3H3. The van der Waals surface area contributed by atoms with Gasteiger partial charge in [0.2, 0.25) is 5.75 Å². The summed E-state index contributed by atoms with van der Waals surface area (Å²) in [6, 6.07) is 4.06. The van der Waals surface area contributed by atoms with Gasteiger partial charge in [-0.1, -0.05) is 26.7 Å². The average molecular weight is 279 g/mol. The Labute approximate surface area is 121 Å². The molecule has 4 heteroatoms. The van der Waals surface area contributed by atoms with Gasteiger partial charge in [-0.15, -0.1) is 0 Å². The third-order valence-electron chi connectivity index (χ3n) is 3.80. The molecule has 0 saturated carbocycles. The third kappa shape index (κ3) is 3.57. The van der Waals surface area contributed by atoms with Crippen LogP contribution in [0.25, 0.3) is 0 Å². The number of ether oxygens (including phenoxy) is 3. The zero-order valence-corrected chi connectivity index (χ0v) is 12.7. The van der Waals surface area contributed by atoms with E-state index >= 15 is 0 Å². The minimum atomic E-state index is 0.579. The molecule has 0 spiro atoms. The molecular weight excluding hydrogens is 254 g/mol. The SMILES string of the molecule is CCC(CC)CNCc1cc(OC)c2c(c1)OCCO2. The molecule has 0 fully saturated rings. The smallest absolute Gasteiger partial charge is 0.203 e. The lowest BCUT2D eigenvalue weighted by Gasteiger charge is -2.21. The molecule has 4 nitrogen and oxygen atoms in total. The Morgan fingerprint density at radius 1 is 1.20 bits per heavy atom. The van der Waals surface area contributed by atoms with Gasteiger partial charge in [-0.2, -0.15) is 0 Å². The minimum absolute atomic E-state index is 0.579. The van der Waals surface area contributed by atoms with E-state index in [0.29, 0.717) is 13.2 Å². The molecule has 0 unspecified atom stereocenters. The van der Waals surface area contributed by atoms with Crippen molar-refractivity contribution < 1.29 is 14.2 Å². The lowest BCUT2D eigenvalue weighted by Crippen LogP contribution is -2.22. The molecule has 0 aliphatic carbocycles. The molecule has 1 aromatic rings. The summed E-state index contributed by atoms with van der Waals surface area (Å²) >= 11 is 0. The highest BCUT2D eigenvalue weighted by atomic mass is 16.6. The highest BCUT2D eigenvalue weighted by molar-refractivity contribution is 5.54. The molecule has 112 valence electrons. The summed E-state index contributed by atoms with van der Waals surface area (Å²) in [6.07, 6.45) is 2.43. The normalized spacial score (nSPS) is 13.6. The van der Waals surface area contributed by atoms with E-state index in [1.807, 2.05) is 12.1 Å².